The molecule has 0 bridgehead atoms. The van der Waals surface area contributed by atoms with Gasteiger partial charge in [0.25, 0.3) is 0 Å². The Labute approximate surface area is 152 Å². The van der Waals surface area contributed by atoms with E-state index in [2.05, 4.69) is 10.3 Å². The molecule has 1 heterocycles. The van der Waals surface area contributed by atoms with Crippen LogP contribution >= 0.6 is 11.3 Å². The number of rotatable bonds is 8. The van der Waals surface area contributed by atoms with Crippen molar-refractivity contribution in [1.82, 2.24) is 5.32 Å². The highest BCUT2D eigenvalue weighted by atomic mass is 32.1. The van der Waals surface area contributed by atoms with Gasteiger partial charge >= 0.3 is 0 Å². The number of aliphatic hydroxyl groups is 1. The van der Waals surface area contributed by atoms with Gasteiger partial charge in [-0.3, -0.25) is 4.99 Å². The van der Waals surface area contributed by atoms with E-state index in [4.69, 9.17) is 15.2 Å². The summed E-state index contributed by atoms with van der Waals surface area (Å²) in [5.41, 5.74) is 5.98. The number of nitrogens with two attached hydrogens (primary N) is 1. The molecule has 0 saturated carbocycles. The number of aliphatic imine (C=N–C) groups is 1. The van der Waals surface area contributed by atoms with E-state index in [0.29, 0.717) is 24.0 Å². The molecule has 1 unspecified atom stereocenters. The molecule has 1 aromatic carbocycles. The number of thiophene rings is 1. The molecule has 2 aromatic rings. The van der Waals surface area contributed by atoms with E-state index in [1.807, 2.05) is 35.7 Å². The summed E-state index contributed by atoms with van der Waals surface area (Å²) in [7, 11) is 3.23. The molecule has 0 amide bonds. The van der Waals surface area contributed by atoms with Gasteiger partial charge in [0.1, 0.15) is 5.60 Å². The minimum Gasteiger partial charge on any atom is -0.493 e. The van der Waals surface area contributed by atoms with E-state index in [-0.39, 0.29) is 6.54 Å². The average Bonchev–Trinajstić information content (AvgIpc) is 3.15. The van der Waals surface area contributed by atoms with Crippen LogP contribution in [0.2, 0.25) is 0 Å². The predicted molar refractivity (Wildman–Crippen MR) is 102 cm³/mol. The van der Waals surface area contributed by atoms with E-state index >= 15 is 0 Å². The van der Waals surface area contributed by atoms with Crippen LogP contribution in [-0.2, 0) is 12.0 Å². The van der Waals surface area contributed by atoms with Crippen LogP contribution in [0.15, 0.2) is 40.7 Å². The molecule has 4 N–H and O–H groups in total. The summed E-state index contributed by atoms with van der Waals surface area (Å²) >= 11 is 1.50. The standard InChI is InChI=1S/C18H25N3O3S/c1-18(22,16-5-4-10-25-16)12-21-17(19)20-9-8-13-6-7-14(23-2)15(11-13)24-3/h4-7,10-11,22H,8-9,12H2,1-3H3,(H3,19,20,21). The van der Waals surface area contributed by atoms with Crippen molar-refractivity contribution < 1.29 is 14.6 Å². The number of hydrogen-bond acceptors (Lipinski definition) is 5. The molecule has 6 nitrogen and oxygen atoms in total. The van der Waals surface area contributed by atoms with Crippen molar-refractivity contribution in [3.05, 3.63) is 46.2 Å². The fourth-order valence-electron chi connectivity index (χ4n) is 2.33. The predicted octanol–water partition coefficient (Wildman–Crippen LogP) is 2.12. The van der Waals surface area contributed by atoms with Crippen LogP contribution in [0.4, 0.5) is 0 Å². The summed E-state index contributed by atoms with van der Waals surface area (Å²) in [4.78, 5) is 5.11. The Hall–Kier alpha value is -2.25. The van der Waals surface area contributed by atoms with Crippen LogP contribution in [0, 0.1) is 0 Å². The van der Waals surface area contributed by atoms with Crippen molar-refractivity contribution in [2.75, 3.05) is 27.3 Å². The maximum Gasteiger partial charge on any atom is 0.188 e. The van der Waals surface area contributed by atoms with Gasteiger partial charge in [-0.2, -0.15) is 0 Å². The van der Waals surface area contributed by atoms with Gasteiger partial charge in [0.05, 0.1) is 20.8 Å². The molecule has 0 aliphatic carbocycles. The average molecular weight is 363 g/mol. The summed E-state index contributed by atoms with van der Waals surface area (Å²) in [5.74, 6) is 1.72. The lowest BCUT2D eigenvalue weighted by Gasteiger charge is -2.19. The van der Waals surface area contributed by atoms with Gasteiger partial charge in [-0.15, -0.1) is 11.3 Å². The largest absolute Gasteiger partial charge is 0.493 e. The number of guanidine groups is 1. The van der Waals surface area contributed by atoms with Crippen molar-refractivity contribution in [1.29, 1.82) is 0 Å². The highest BCUT2D eigenvalue weighted by molar-refractivity contribution is 7.10. The van der Waals surface area contributed by atoms with Gasteiger partial charge in [-0.25, -0.2) is 0 Å². The lowest BCUT2D eigenvalue weighted by atomic mass is 10.1. The third kappa shape index (κ3) is 5.37. The molecular weight excluding hydrogens is 338 g/mol. The zero-order valence-electron chi connectivity index (χ0n) is 14.8. The molecule has 0 radical (unpaired) electrons. The maximum atomic E-state index is 10.4. The molecule has 0 aliphatic rings. The molecule has 2 rings (SSSR count). The molecule has 1 atom stereocenters. The summed E-state index contributed by atoms with van der Waals surface area (Å²) in [6.07, 6.45) is 0.762. The Morgan fingerprint density at radius 3 is 2.68 bits per heavy atom. The van der Waals surface area contributed by atoms with E-state index in [1.54, 1.807) is 21.1 Å². The summed E-state index contributed by atoms with van der Waals surface area (Å²) in [6, 6.07) is 9.60. The molecule has 0 saturated heterocycles. The molecule has 25 heavy (non-hydrogen) atoms. The fourth-order valence-corrected chi connectivity index (χ4v) is 3.11. The lowest BCUT2D eigenvalue weighted by Crippen LogP contribution is -2.35. The smallest absolute Gasteiger partial charge is 0.188 e. The first kappa shape index (κ1) is 19.1. The third-order valence-electron chi connectivity index (χ3n) is 3.78. The molecule has 0 spiro atoms. The van der Waals surface area contributed by atoms with Crippen LogP contribution in [0.25, 0.3) is 0 Å². The quantitative estimate of drug-likeness (QED) is 0.494. The number of methoxy groups -OCH3 is 2. The highest BCUT2D eigenvalue weighted by Gasteiger charge is 2.23. The first-order chi connectivity index (χ1) is 12.0. The molecule has 7 heteroatoms. The second-order valence-electron chi connectivity index (χ2n) is 5.82. The summed E-state index contributed by atoms with van der Waals surface area (Å²) in [6.45, 7) is 2.58. The topological polar surface area (TPSA) is 89.1 Å². The Bertz CT molecular complexity index is 700. The summed E-state index contributed by atoms with van der Waals surface area (Å²) in [5, 5.41) is 15.4. The number of hydrogen-bond donors (Lipinski definition) is 3. The van der Waals surface area contributed by atoms with Crippen LogP contribution in [0.1, 0.15) is 17.4 Å². The SMILES string of the molecule is COc1ccc(CCNC(N)=NCC(C)(O)c2cccs2)cc1OC. The second-order valence-corrected chi connectivity index (χ2v) is 6.77. The molecule has 0 aliphatic heterocycles. The summed E-state index contributed by atoms with van der Waals surface area (Å²) < 4.78 is 10.5. The maximum absolute atomic E-state index is 10.4. The van der Waals surface area contributed by atoms with Crippen LogP contribution in [-0.4, -0.2) is 38.4 Å². The zero-order chi connectivity index (χ0) is 18.3. The number of ether oxygens (including phenoxy) is 2. The number of nitrogens with zero attached hydrogens (tertiary/aromatic N) is 1. The van der Waals surface area contributed by atoms with Gasteiger partial charge in [0.2, 0.25) is 0 Å². The monoisotopic (exact) mass is 363 g/mol. The van der Waals surface area contributed by atoms with Gasteiger partial charge in [0.15, 0.2) is 17.5 Å². The first-order valence-electron chi connectivity index (χ1n) is 7.97. The minimum atomic E-state index is -1.01. The number of benzene rings is 1. The van der Waals surface area contributed by atoms with Gasteiger partial charge < -0.3 is 25.6 Å². The van der Waals surface area contributed by atoms with Crippen LogP contribution < -0.4 is 20.5 Å². The van der Waals surface area contributed by atoms with Crippen molar-refractivity contribution >= 4 is 17.3 Å². The number of nitrogens with one attached hydrogen (secondary N) is 1. The van der Waals surface area contributed by atoms with Gasteiger partial charge in [-0.1, -0.05) is 12.1 Å². The van der Waals surface area contributed by atoms with Crippen molar-refractivity contribution in [3.63, 3.8) is 0 Å². The fraction of sp³-hybridized carbons (Fsp3) is 0.389. The van der Waals surface area contributed by atoms with Crippen LogP contribution in [0.3, 0.4) is 0 Å². The zero-order valence-corrected chi connectivity index (χ0v) is 15.6. The Morgan fingerprint density at radius 1 is 1.28 bits per heavy atom. The lowest BCUT2D eigenvalue weighted by molar-refractivity contribution is 0.0712. The highest BCUT2D eigenvalue weighted by Crippen LogP contribution is 2.27. The van der Waals surface area contributed by atoms with E-state index in [9.17, 15) is 5.11 Å². The van der Waals surface area contributed by atoms with E-state index in [0.717, 1.165) is 16.9 Å². The van der Waals surface area contributed by atoms with E-state index < -0.39 is 5.60 Å². The minimum absolute atomic E-state index is 0.211. The normalized spacial score (nSPS) is 14.0. The van der Waals surface area contributed by atoms with Gasteiger partial charge in [0, 0.05) is 11.4 Å². The molecule has 0 fully saturated rings. The molecular formula is C18H25N3O3S. The van der Waals surface area contributed by atoms with E-state index in [1.165, 1.54) is 11.3 Å². The Morgan fingerprint density at radius 2 is 2.04 bits per heavy atom. The third-order valence-corrected chi connectivity index (χ3v) is 4.90. The second kappa shape index (κ2) is 8.73. The molecule has 136 valence electrons. The Balaban J connectivity index is 1.85. The van der Waals surface area contributed by atoms with Crippen molar-refractivity contribution in [3.8, 4) is 11.5 Å². The van der Waals surface area contributed by atoms with Gasteiger partial charge in [-0.05, 0) is 42.5 Å². The van der Waals surface area contributed by atoms with Crippen molar-refractivity contribution in [2.45, 2.75) is 18.9 Å². The first-order valence-corrected chi connectivity index (χ1v) is 8.85. The van der Waals surface area contributed by atoms with Crippen molar-refractivity contribution in [2.24, 2.45) is 10.7 Å². The molecule has 1 aromatic heterocycles. The Kier molecular flexibility index (Phi) is 6.66. The van der Waals surface area contributed by atoms with Crippen LogP contribution in [0.5, 0.6) is 11.5 Å².